The molecule has 2 N–H and O–H groups in total. The summed E-state index contributed by atoms with van der Waals surface area (Å²) in [6, 6.07) is 5.34. The Bertz CT molecular complexity index is 1040. The maximum absolute atomic E-state index is 12.7. The predicted molar refractivity (Wildman–Crippen MR) is 107 cm³/mol. The molecule has 0 bridgehead atoms. The molecule has 2 aromatic heterocycles. The van der Waals surface area contributed by atoms with Crippen LogP contribution in [0.5, 0.6) is 0 Å². The number of nitrogens with zero attached hydrogens (tertiary/aromatic N) is 3. The Morgan fingerprint density at radius 1 is 1.37 bits per heavy atom. The third-order valence-corrected chi connectivity index (χ3v) is 6.29. The quantitative estimate of drug-likeness (QED) is 0.703. The average molecular weight is 400 g/mol. The third kappa shape index (κ3) is 3.60. The summed E-state index contributed by atoms with van der Waals surface area (Å²) < 4.78 is 1.92. The van der Waals surface area contributed by atoms with Gasteiger partial charge in [0.2, 0.25) is 5.91 Å². The van der Waals surface area contributed by atoms with E-state index in [1.807, 2.05) is 30.8 Å². The highest BCUT2D eigenvalue weighted by Gasteiger charge is 2.18. The molecule has 0 saturated carbocycles. The summed E-state index contributed by atoms with van der Waals surface area (Å²) in [7, 11) is 1.92. The molecule has 1 aliphatic heterocycles. The first-order chi connectivity index (χ1) is 13.0. The van der Waals surface area contributed by atoms with E-state index in [2.05, 4.69) is 20.6 Å². The van der Waals surface area contributed by atoms with Gasteiger partial charge in [-0.15, -0.1) is 11.8 Å². The van der Waals surface area contributed by atoms with Crippen LogP contribution < -0.4 is 10.6 Å². The fraction of sp³-hybridized carbons (Fsp3) is 0.222. The van der Waals surface area contributed by atoms with Crippen LogP contribution in [-0.2, 0) is 11.8 Å². The van der Waals surface area contributed by atoms with E-state index in [9.17, 15) is 9.59 Å². The number of thioether (sulfide) groups is 1. The Kier molecular flexibility index (Phi) is 4.71. The number of benzene rings is 1. The predicted octanol–water partition coefficient (Wildman–Crippen LogP) is 3.54. The first kappa shape index (κ1) is 17.7. The Labute approximate surface area is 164 Å². The fourth-order valence-electron chi connectivity index (χ4n) is 2.77. The topological polar surface area (TPSA) is 88.9 Å². The summed E-state index contributed by atoms with van der Waals surface area (Å²) >= 11 is 2.99. The van der Waals surface area contributed by atoms with E-state index in [0.29, 0.717) is 22.8 Å². The molecule has 7 nitrogen and oxygen atoms in total. The van der Waals surface area contributed by atoms with Crippen LogP contribution in [0.3, 0.4) is 0 Å². The van der Waals surface area contributed by atoms with Gasteiger partial charge >= 0.3 is 0 Å². The molecule has 0 spiro atoms. The van der Waals surface area contributed by atoms with Crippen molar-refractivity contribution in [3.63, 3.8) is 0 Å². The fourth-order valence-corrected chi connectivity index (χ4v) is 4.71. The lowest BCUT2D eigenvalue weighted by molar-refractivity contribution is -0.115. The minimum atomic E-state index is -0.263. The highest BCUT2D eigenvalue weighted by Crippen LogP contribution is 2.33. The number of imidazole rings is 1. The smallest absolute Gasteiger partial charge is 0.257 e. The molecule has 4 rings (SSSR count). The molecule has 0 unspecified atom stereocenters. The number of carbonyl (C=O) groups is 2. The number of fused-ring (bicyclic) bond motifs is 1. The number of rotatable bonds is 3. The van der Waals surface area contributed by atoms with Crippen LogP contribution >= 0.6 is 23.1 Å². The van der Waals surface area contributed by atoms with E-state index in [1.165, 1.54) is 11.3 Å². The van der Waals surface area contributed by atoms with Crippen LogP contribution in [-0.4, -0.2) is 32.1 Å². The lowest BCUT2D eigenvalue weighted by Crippen LogP contribution is -2.14. The standard InChI is InChI=1S/C18H17N5O2S2/c1-10-15(16-19-6-7-23(16)2)27-18(20-10)22-17(25)11-3-4-13-12(9-11)21-14(24)5-8-26-13/h3-4,6-7,9H,5,8H2,1-2H3,(H,21,24)(H,20,22,25). The van der Waals surface area contributed by atoms with Gasteiger partial charge in [0.25, 0.3) is 5.91 Å². The summed E-state index contributed by atoms with van der Waals surface area (Å²) in [6.45, 7) is 1.89. The van der Waals surface area contributed by atoms with Gasteiger partial charge in [-0.1, -0.05) is 11.3 Å². The van der Waals surface area contributed by atoms with Crippen LogP contribution in [0, 0.1) is 6.92 Å². The van der Waals surface area contributed by atoms with Crippen molar-refractivity contribution in [1.29, 1.82) is 0 Å². The van der Waals surface area contributed by atoms with Crippen molar-refractivity contribution in [3.05, 3.63) is 41.9 Å². The van der Waals surface area contributed by atoms with E-state index in [-0.39, 0.29) is 11.8 Å². The molecule has 0 saturated heterocycles. The zero-order valence-corrected chi connectivity index (χ0v) is 16.4. The van der Waals surface area contributed by atoms with Crippen molar-refractivity contribution >= 4 is 45.7 Å². The molecular weight excluding hydrogens is 382 g/mol. The van der Waals surface area contributed by atoms with Gasteiger partial charge in [-0.3, -0.25) is 14.9 Å². The molecule has 1 aromatic carbocycles. The highest BCUT2D eigenvalue weighted by molar-refractivity contribution is 7.99. The minimum absolute atomic E-state index is 0.0333. The first-order valence-corrected chi connectivity index (χ1v) is 10.1. The van der Waals surface area contributed by atoms with Crippen LogP contribution in [0.25, 0.3) is 10.7 Å². The largest absolute Gasteiger partial charge is 0.333 e. The lowest BCUT2D eigenvalue weighted by Gasteiger charge is -2.08. The number of amides is 2. The molecule has 0 radical (unpaired) electrons. The molecule has 1 aliphatic rings. The van der Waals surface area contributed by atoms with E-state index < -0.39 is 0 Å². The van der Waals surface area contributed by atoms with Crippen molar-refractivity contribution in [2.45, 2.75) is 18.2 Å². The lowest BCUT2D eigenvalue weighted by atomic mass is 10.2. The van der Waals surface area contributed by atoms with Gasteiger partial charge in [0, 0.05) is 42.1 Å². The number of carbonyl (C=O) groups excluding carboxylic acids is 2. The Balaban J connectivity index is 1.57. The van der Waals surface area contributed by atoms with Gasteiger partial charge in [0.15, 0.2) is 11.0 Å². The zero-order valence-electron chi connectivity index (χ0n) is 14.8. The van der Waals surface area contributed by atoms with Gasteiger partial charge in [0.1, 0.15) is 0 Å². The number of anilines is 2. The molecule has 0 atom stereocenters. The summed E-state index contributed by atoms with van der Waals surface area (Å²) in [5.74, 6) is 1.25. The van der Waals surface area contributed by atoms with E-state index in [1.54, 1.807) is 30.1 Å². The monoisotopic (exact) mass is 399 g/mol. The van der Waals surface area contributed by atoms with Crippen molar-refractivity contribution in [1.82, 2.24) is 14.5 Å². The van der Waals surface area contributed by atoms with E-state index in [4.69, 9.17) is 0 Å². The SMILES string of the molecule is Cc1nc(NC(=O)c2ccc3c(c2)NC(=O)CCS3)sc1-c1nccn1C. The molecule has 9 heteroatoms. The molecule has 138 valence electrons. The number of aromatic nitrogens is 3. The Morgan fingerprint density at radius 2 is 2.22 bits per heavy atom. The average Bonchev–Trinajstić information content (AvgIpc) is 3.14. The van der Waals surface area contributed by atoms with Crippen LogP contribution in [0.1, 0.15) is 22.5 Å². The Morgan fingerprint density at radius 3 is 3.00 bits per heavy atom. The summed E-state index contributed by atoms with van der Waals surface area (Å²) in [5.41, 5.74) is 1.97. The van der Waals surface area contributed by atoms with Crippen molar-refractivity contribution in [2.75, 3.05) is 16.4 Å². The summed E-state index contributed by atoms with van der Waals surface area (Å²) in [4.78, 5) is 35.1. The molecular formula is C18H17N5O2S2. The first-order valence-electron chi connectivity index (χ1n) is 8.34. The molecule has 3 aromatic rings. The van der Waals surface area contributed by atoms with Crippen LogP contribution in [0.15, 0.2) is 35.5 Å². The maximum atomic E-state index is 12.7. The van der Waals surface area contributed by atoms with Gasteiger partial charge < -0.3 is 9.88 Å². The second kappa shape index (κ2) is 7.16. The van der Waals surface area contributed by atoms with E-state index in [0.717, 1.165) is 27.0 Å². The number of thiazole rings is 1. The third-order valence-electron chi connectivity index (χ3n) is 4.14. The van der Waals surface area contributed by atoms with Crippen molar-refractivity contribution in [2.24, 2.45) is 7.05 Å². The number of hydrogen-bond donors (Lipinski definition) is 2. The molecule has 3 heterocycles. The summed E-state index contributed by atoms with van der Waals surface area (Å²) in [6.07, 6.45) is 4.07. The van der Waals surface area contributed by atoms with Crippen LogP contribution in [0.4, 0.5) is 10.8 Å². The zero-order chi connectivity index (χ0) is 19.0. The summed E-state index contributed by atoms with van der Waals surface area (Å²) in [5, 5.41) is 6.22. The van der Waals surface area contributed by atoms with Gasteiger partial charge in [-0.2, -0.15) is 0 Å². The van der Waals surface area contributed by atoms with Gasteiger partial charge in [-0.25, -0.2) is 9.97 Å². The normalized spacial score (nSPS) is 13.6. The van der Waals surface area contributed by atoms with Crippen molar-refractivity contribution < 1.29 is 9.59 Å². The van der Waals surface area contributed by atoms with Crippen LogP contribution in [0.2, 0.25) is 0 Å². The number of nitrogens with one attached hydrogen (secondary N) is 2. The van der Waals surface area contributed by atoms with Gasteiger partial charge in [-0.05, 0) is 25.1 Å². The molecule has 0 aliphatic carbocycles. The highest BCUT2D eigenvalue weighted by atomic mass is 32.2. The second-order valence-corrected chi connectivity index (χ2v) is 8.24. The van der Waals surface area contributed by atoms with Gasteiger partial charge in [0.05, 0.1) is 16.3 Å². The molecule has 0 fully saturated rings. The van der Waals surface area contributed by atoms with E-state index >= 15 is 0 Å². The maximum Gasteiger partial charge on any atom is 0.257 e. The molecule has 2 amide bonds. The second-order valence-electron chi connectivity index (χ2n) is 6.11. The number of aryl methyl sites for hydroxylation is 2. The Hall–Kier alpha value is -2.65. The minimum Gasteiger partial charge on any atom is -0.333 e. The van der Waals surface area contributed by atoms with Crippen molar-refractivity contribution in [3.8, 4) is 10.7 Å². The number of hydrogen-bond acceptors (Lipinski definition) is 6. The molecule has 27 heavy (non-hydrogen) atoms.